The van der Waals surface area contributed by atoms with E-state index in [0.717, 1.165) is 48.3 Å². The highest BCUT2D eigenvalue weighted by Crippen LogP contribution is 2.38. The Hall–Kier alpha value is -2.45. The average molecular weight is 624 g/mol. The summed E-state index contributed by atoms with van der Waals surface area (Å²) in [7, 11) is 0. The van der Waals surface area contributed by atoms with Gasteiger partial charge in [0.15, 0.2) is 6.29 Å². The van der Waals surface area contributed by atoms with Gasteiger partial charge in [-0.05, 0) is 49.5 Å². The summed E-state index contributed by atoms with van der Waals surface area (Å²) in [5, 5.41) is 15.2. The second-order valence-electron chi connectivity index (χ2n) is 12.6. The van der Waals surface area contributed by atoms with E-state index >= 15 is 0 Å². The van der Waals surface area contributed by atoms with Crippen LogP contribution in [0.15, 0.2) is 48.5 Å². The smallest absolute Gasteiger partial charge is 0.315 e. The number of nitrogens with one attached hydrogen (secondary N) is 2. The van der Waals surface area contributed by atoms with Crippen LogP contribution < -0.4 is 10.6 Å². The van der Waals surface area contributed by atoms with Gasteiger partial charge in [-0.15, -0.1) is 0 Å². The topological polar surface area (TPSA) is 83.1 Å². The molecule has 45 heavy (non-hydrogen) atoms. The zero-order chi connectivity index (χ0) is 32.1. The monoisotopic (exact) mass is 623 g/mol. The molecule has 7 heteroatoms. The van der Waals surface area contributed by atoms with E-state index in [2.05, 4.69) is 53.6 Å². The molecule has 1 saturated heterocycles. The average Bonchev–Trinajstić information content (AvgIpc) is 3.07. The first-order chi connectivity index (χ1) is 22.1. The fraction of sp³-hybridized carbons (Fsp3) is 0.658. The van der Waals surface area contributed by atoms with Crippen molar-refractivity contribution in [1.82, 2.24) is 15.5 Å². The van der Waals surface area contributed by atoms with Crippen LogP contribution in [-0.2, 0) is 22.6 Å². The highest BCUT2D eigenvalue weighted by molar-refractivity contribution is 5.73. The Labute approximate surface area is 273 Å². The van der Waals surface area contributed by atoms with Crippen molar-refractivity contribution in [3.8, 4) is 0 Å². The molecular formula is C38H61N3O4. The third kappa shape index (κ3) is 14.2. The number of hydrogen-bond acceptors (Lipinski definition) is 5. The maximum absolute atomic E-state index is 11.8. The summed E-state index contributed by atoms with van der Waals surface area (Å²) >= 11 is 0. The van der Waals surface area contributed by atoms with Gasteiger partial charge in [0.2, 0.25) is 0 Å². The lowest BCUT2D eigenvalue weighted by molar-refractivity contribution is -0.253. The van der Waals surface area contributed by atoms with Crippen molar-refractivity contribution in [1.29, 1.82) is 0 Å². The summed E-state index contributed by atoms with van der Waals surface area (Å²) in [6, 6.07) is 16.1. The Morgan fingerprint density at radius 3 is 1.87 bits per heavy atom. The van der Waals surface area contributed by atoms with Crippen LogP contribution in [0, 0.1) is 0 Å². The van der Waals surface area contributed by atoms with E-state index in [9.17, 15) is 9.90 Å². The molecular weight excluding hydrogens is 562 g/mol. The van der Waals surface area contributed by atoms with Crippen LogP contribution in [0.2, 0.25) is 0 Å². The largest absolute Gasteiger partial charge is 0.392 e. The Morgan fingerprint density at radius 1 is 0.733 bits per heavy atom. The second kappa shape index (κ2) is 22.1. The minimum absolute atomic E-state index is 0.0350. The molecule has 0 unspecified atom stereocenters. The number of hydrogen-bond donors (Lipinski definition) is 3. The van der Waals surface area contributed by atoms with E-state index in [1.54, 1.807) is 0 Å². The highest BCUT2D eigenvalue weighted by Gasteiger charge is 2.33. The number of nitrogens with zero attached hydrogens (tertiary/aromatic N) is 1. The maximum Gasteiger partial charge on any atom is 0.315 e. The molecule has 0 bridgehead atoms. The number of ether oxygens (including phenoxy) is 2. The molecule has 0 saturated carbocycles. The molecule has 1 fully saturated rings. The van der Waals surface area contributed by atoms with E-state index in [4.69, 9.17) is 9.47 Å². The zero-order valence-corrected chi connectivity index (χ0v) is 28.4. The van der Waals surface area contributed by atoms with E-state index in [-0.39, 0.29) is 24.8 Å². The number of carbonyl (C=O) groups is 1. The molecule has 2 aromatic carbocycles. The number of benzene rings is 2. The lowest BCUT2D eigenvalue weighted by Gasteiger charge is -2.38. The molecule has 3 rings (SSSR count). The molecule has 0 spiro atoms. The van der Waals surface area contributed by atoms with Crippen molar-refractivity contribution in [3.05, 3.63) is 70.8 Å². The Balaban J connectivity index is 1.69. The zero-order valence-electron chi connectivity index (χ0n) is 28.4. The summed E-state index contributed by atoms with van der Waals surface area (Å²) in [5.41, 5.74) is 4.03. The van der Waals surface area contributed by atoms with Crippen molar-refractivity contribution >= 4 is 6.03 Å². The van der Waals surface area contributed by atoms with Crippen LogP contribution in [0.5, 0.6) is 0 Å². The third-order valence-electron chi connectivity index (χ3n) is 8.77. The summed E-state index contributed by atoms with van der Waals surface area (Å²) in [6.07, 6.45) is 15.9. The number of urea groups is 1. The van der Waals surface area contributed by atoms with Crippen LogP contribution in [0.4, 0.5) is 4.79 Å². The molecule has 252 valence electrons. The molecule has 2 aromatic rings. The van der Waals surface area contributed by atoms with Crippen LogP contribution in [0.1, 0.15) is 139 Å². The summed E-state index contributed by atoms with van der Waals surface area (Å²) in [6.45, 7) is 10.7. The summed E-state index contributed by atoms with van der Waals surface area (Å²) in [4.78, 5) is 14.5. The van der Waals surface area contributed by atoms with E-state index in [1.807, 2.05) is 31.2 Å². The number of amides is 2. The van der Waals surface area contributed by atoms with Crippen molar-refractivity contribution < 1.29 is 19.4 Å². The lowest BCUT2D eigenvalue weighted by atomic mass is 9.99. The molecule has 3 atom stereocenters. The Morgan fingerprint density at radius 2 is 1.29 bits per heavy atom. The number of aliphatic hydroxyl groups is 1. The van der Waals surface area contributed by atoms with E-state index in [1.165, 1.54) is 77.0 Å². The Kier molecular flexibility index (Phi) is 18.2. The van der Waals surface area contributed by atoms with Gasteiger partial charge in [0, 0.05) is 31.6 Å². The third-order valence-corrected chi connectivity index (χ3v) is 8.77. The van der Waals surface area contributed by atoms with Crippen LogP contribution in [0.25, 0.3) is 0 Å². The predicted octanol–water partition coefficient (Wildman–Crippen LogP) is 8.57. The van der Waals surface area contributed by atoms with Gasteiger partial charge in [0.05, 0.1) is 18.8 Å². The first-order valence-corrected chi connectivity index (χ1v) is 17.9. The standard InChI is InChI=1S/C38H61N3O4/c1-4-7-9-11-13-15-25-41(26-16-14-12-10-8-5-2)29-35-27-36(33-21-19-32(30-42)20-22-33)45-37(44-35)34-23-17-31(18-24-34)28-40-38(43)39-6-3/h17-24,35-37,42H,4-16,25-30H2,1-3H3,(H2,39,40,43)/t35-,36+,37+/m0/s1. The van der Waals surface area contributed by atoms with Crippen LogP contribution >= 0.6 is 0 Å². The first kappa shape index (κ1) is 37.0. The van der Waals surface area contributed by atoms with Gasteiger partial charge < -0.3 is 30.1 Å². The van der Waals surface area contributed by atoms with E-state index < -0.39 is 6.29 Å². The van der Waals surface area contributed by atoms with Gasteiger partial charge in [-0.2, -0.15) is 0 Å². The minimum atomic E-state index is -0.471. The van der Waals surface area contributed by atoms with Crippen LogP contribution in [0.3, 0.4) is 0 Å². The van der Waals surface area contributed by atoms with Crippen molar-refractivity contribution in [2.24, 2.45) is 0 Å². The SMILES string of the molecule is CCCCCCCCN(CCCCCCCC)C[C@@H]1C[C@H](c2ccc(CO)cc2)O[C@H](c2ccc(CNC(=O)NCC)cc2)O1. The number of rotatable bonds is 22. The first-order valence-electron chi connectivity index (χ1n) is 17.9. The molecule has 7 nitrogen and oxygen atoms in total. The van der Waals surface area contributed by atoms with Gasteiger partial charge >= 0.3 is 6.03 Å². The fourth-order valence-electron chi connectivity index (χ4n) is 6.04. The van der Waals surface area contributed by atoms with Gasteiger partial charge in [-0.1, -0.05) is 127 Å². The van der Waals surface area contributed by atoms with E-state index in [0.29, 0.717) is 13.1 Å². The summed E-state index contributed by atoms with van der Waals surface area (Å²) in [5.74, 6) is 0. The predicted molar refractivity (Wildman–Crippen MR) is 184 cm³/mol. The van der Waals surface area contributed by atoms with Crippen molar-refractivity contribution in [2.75, 3.05) is 26.2 Å². The molecule has 2 amide bonds. The highest BCUT2D eigenvalue weighted by atomic mass is 16.7. The van der Waals surface area contributed by atoms with Crippen molar-refractivity contribution in [3.63, 3.8) is 0 Å². The lowest BCUT2D eigenvalue weighted by Crippen LogP contribution is -2.40. The molecule has 0 aliphatic carbocycles. The molecule has 1 heterocycles. The van der Waals surface area contributed by atoms with Gasteiger partial charge in [-0.25, -0.2) is 4.79 Å². The number of carbonyl (C=O) groups excluding carboxylic acids is 1. The quantitative estimate of drug-likeness (QED) is 0.115. The molecule has 1 aliphatic heterocycles. The molecule has 3 N–H and O–H groups in total. The van der Waals surface area contributed by atoms with Gasteiger partial charge in [0.25, 0.3) is 0 Å². The maximum atomic E-state index is 11.8. The molecule has 1 aliphatic rings. The number of aliphatic hydroxyl groups excluding tert-OH is 1. The molecule has 0 aromatic heterocycles. The number of unbranched alkanes of at least 4 members (excludes halogenated alkanes) is 10. The summed E-state index contributed by atoms with van der Waals surface area (Å²) < 4.78 is 13.3. The second-order valence-corrected chi connectivity index (χ2v) is 12.6. The van der Waals surface area contributed by atoms with Crippen molar-refractivity contribution in [2.45, 2.75) is 136 Å². The Bertz CT molecular complexity index is 1030. The normalized spacial score (nSPS) is 18.3. The van der Waals surface area contributed by atoms with Gasteiger partial charge in [-0.3, -0.25) is 0 Å². The fourth-order valence-corrected chi connectivity index (χ4v) is 6.04. The minimum Gasteiger partial charge on any atom is -0.392 e. The van der Waals surface area contributed by atoms with Crippen LogP contribution in [-0.4, -0.2) is 48.3 Å². The van der Waals surface area contributed by atoms with Gasteiger partial charge in [0.1, 0.15) is 0 Å². The molecule has 0 radical (unpaired) electrons.